The Morgan fingerprint density at radius 1 is 1.07 bits per heavy atom. The van der Waals surface area contributed by atoms with Gasteiger partial charge in [0.2, 0.25) is 5.16 Å². The lowest BCUT2D eigenvalue weighted by Gasteiger charge is -2.10. The van der Waals surface area contributed by atoms with E-state index in [1.165, 1.54) is 46.9 Å². The molecule has 136 valence electrons. The Labute approximate surface area is 162 Å². The number of fused-ring (bicyclic) bond motifs is 3. The van der Waals surface area contributed by atoms with Gasteiger partial charge in [0, 0.05) is 5.56 Å². The molecule has 0 amide bonds. The van der Waals surface area contributed by atoms with E-state index in [4.69, 9.17) is 0 Å². The zero-order valence-corrected chi connectivity index (χ0v) is 15.8. The molecule has 0 radical (unpaired) electrons. The first-order valence-electron chi connectivity index (χ1n) is 9.44. The minimum Gasteiger partial charge on any atom is -0.293 e. The fourth-order valence-electron chi connectivity index (χ4n) is 4.17. The maximum absolute atomic E-state index is 12.8. The number of carbonyl (C=O) groups excluding carboxylic acids is 1. The number of benzene rings is 2. The third-order valence-corrected chi connectivity index (χ3v) is 6.52. The van der Waals surface area contributed by atoms with Crippen molar-refractivity contribution in [2.45, 2.75) is 43.3 Å². The summed E-state index contributed by atoms with van der Waals surface area (Å²) in [6.07, 6.45) is 5.65. The molecule has 3 aromatic rings. The monoisotopic (exact) mass is 376 g/mol. The molecule has 1 fully saturated rings. The molecule has 1 saturated carbocycles. The number of tetrazole rings is 1. The van der Waals surface area contributed by atoms with Crippen molar-refractivity contribution in [3.63, 3.8) is 0 Å². The summed E-state index contributed by atoms with van der Waals surface area (Å²) in [6.45, 7) is 0. The Morgan fingerprint density at radius 2 is 1.89 bits per heavy atom. The van der Waals surface area contributed by atoms with E-state index in [9.17, 15) is 4.79 Å². The van der Waals surface area contributed by atoms with E-state index in [1.54, 1.807) is 0 Å². The lowest BCUT2D eigenvalue weighted by molar-refractivity contribution is 0.102. The smallest absolute Gasteiger partial charge is 0.210 e. The molecule has 5 rings (SSSR count). The number of rotatable bonds is 5. The number of thioether (sulfide) groups is 1. The number of hydrogen-bond donors (Lipinski definition) is 0. The van der Waals surface area contributed by atoms with E-state index in [0.717, 1.165) is 30.0 Å². The highest BCUT2D eigenvalue weighted by Gasteiger charge is 2.23. The van der Waals surface area contributed by atoms with Crippen LogP contribution in [0.4, 0.5) is 0 Å². The Balaban J connectivity index is 1.33. The number of carbonyl (C=O) groups is 1. The normalized spacial score (nSPS) is 15.7. The Hall–Kier alpha value is -2.47. The van der Waals surface area contributed by atoms with Gasteiger partial charge in [-0.3, -0.25) is 4.79 Å². The molecule has 6 heteroatoms. The maximum atomic E-state index is 12.8. The molecule has 1 heterocycles. The first-order chi connectivity index (χ1) is 13.3. The van der Waals surface area contributed by atoms with Crippen molar-refractivity contribution >= 4 is 17.5 Å². The maximum Gasteiger partial charge on any atom is 0.210 e. The van der Waals surface area contributed by atoms with Crippen molar-refractivity contribution in [1.29, 1.82) is 0 Å². The minimum absolute atomic E-state index is 0.119. The molecular weight excluding hydrogens is 356 g/mol. The second-order valence-corrected chi connectivity index (χ2v) is 8.20. The molecule has 0 saturated heterocycles. The summed E-state index contributed by atoms with van der Waals surface area (Å²) in [5.74, 6) is 0.473. The van der Waals surface area contributed by atoms with Crippen LogP contribution in [0.25, 0.3) is 11.1 Å². The van der Waals surface area contributed by atoms with Gasteiger partial charge in [0.25, 0.3) is 0 Å². The number of aromatic nitrogens is 4. The SMILES string of the molecule is O=C(CSc1nnnn1C1CCCC1)c1ccc2c(c1)-c1ccccc1C2. The van der Waals surface area contributed by atoms with E-state index < -0.39 is 0 Å². The number of hydrogen-bond acceptors (Lipinski definition) is 5. The Morgan fingerprint density at radius 3 is 2.78 bits per heavy atom. The summed E-state index contributed by atoms with van der Waals surface area (Å²) >= 11 is 1.44. The van der Waals surface area contributed by atoms with Gasteiger partial charge in [-0.15, -0.1) is 5.10 Å². The molecule has 0 aliphatic heterocycles. The molecule has 0 spiro atoms. The Bertz CT molecular complexity index is 1010. The molecule has 2 aliphatic carbocycles. The molecule has 2 aromatic carbocycles. The average molecular weight is 376 g/mol. The van der Waals surface area contributed by atoms with E-state index >= 15 is 0 Å². The van der Waals surface area contributed by atoms with Gasteiger partial charge in [0.1, 0.15) is 0 Å². The highest BCUT2D eigenvalue weighted by atomic mass is 32.2. The van der Waals surface area contributed by atoms with Crippen LogP contribution < -0.4 is 0 Å². The number of Topliss-reactive ketones (excluding diaryl/α,β-unsaturated/α-hetero) is 1. The molecule has 2 aliphatic rings. The summed E-state index contributed by atoms with van der Waals surface area (Å²) in [4.78, 5) is 12.8. The minimum atomic E-state index is 0.119. The van der Waals surface area contributed by atoms with Gasteiger partial charge in [0.15, 0.2) is 5.78 Å². The van der Waals surface area contributed by atoms with Crippen molar-refractivity contribution in [3.8, 4) is 11.1 Å². The lowest BCUT2D eigenvalue weighted by atomic mass is 10.0. The van der Waals surface area contributed by atoms with Crippen LogP contribution in [0.5, 0.6) is 0 Å². The zero-order valence-electron chi connectivity index (χ0n) is 15.0. The highest BCUT2D eigenvalue weighted by Crippen LogP contribution is 2.37. The first kappa shape index (κ1) is 16.7. The molecule has 1 aromatic heterocycles. The first-order valence-corrected chi connectivity index (χ1v) is 10.4. The summed E-state index contributed by atoms with van der Waals surface area (Å²) < 4.78 is 1.91. The highest BCUT2D eigenvalue weighted by molar-refractivity contribution is 7.99. The van der Waals surface area contributed by atoms with E-state index in [0.29, 0.717) is 11.8 Å². The summed E-state index contributed by atoms with van der Waals surface area (Å²) in [5.41, 5.74) is 5.84. The second kappa shape index (κ2) is 6.93. The molecule has 27 heavy (non-hydrogen) atoms. The van der Waals surface area contributed by atoms with Gasteiger partial charge in [-0.1, -0.05) is 61.0 Å². The predicted octanol–water partition coefficient (Wildman–Crippen LogP) is 4.33. The molecular formula is C21H20N4OS. The topological polar surface area (TPSA) is 60.7 Å². The Kier molecular flexibility index (Phi) is 4.28. The van der Waals surface area contributed by atoms with Gasteiger partial charge >= 0.3 is 0 Å². The fraction of sp³-hybridized carbons (Fsp3) is 0.333. The van der Waals surface area contributed by atoms with Crippen molar-refractivity contribution < 1.29 is 4.79 Å². The molecule has 0 unspecified atom stereocenters. The van der Waals surface area contributed by atoms with E-state index in [2.05, 4.69) is 45.9 Å². The van der Waals surface area contributed by atoms with Gasteiger partial charge in [0.05, 0.1) is 11.8 Å². The van der Waals surface area contributed by atoms with Crippen LogP contribution >= 0.6 is 11.8 Å². The quantitative estimate of drug-likeness (QED) is 0.383. The van der Waals surface area contributed by atoms with Crippen LogP contribution in [0.15, 0.2) is 47.6 Å². The molecule has 0 bridgehead atoms. The van der Waals surface area contributed by atoms with Crippen molar-refractivity contribution in [2.24, 2.45) is 0 Å². The van der Waals surface area contributed by atoms with Crippen LogP contribution in [0.1, 0.15) is 53.2 Å². The lowest BCUT2D eigenvalue weighted by Crippen LogP contribution is -2.10. The predicted molar refractivity (Wildman–Crippen MR) is 105 cm³/mol. The van der Waals surface area contributed by atoms with Crippen LogP contribution in [0.2, 0.25) is 0 Å². The van der Waals surface area contributed by atoms with E-state index in [-0.39, 0.29) is 5.78 Å². The van der Waals surface area contributed by atoms with Gasteiger partial charge in [-0.05, 0) is 58.0 Å². The van der Waals surface area contributed by atoms with Crippen LogP contribution in [-0.4, -0.2) is 31.7 Å². The summed E-state index contributed by atoms with van der Waals surface area (Å²) in [7, 11) is 0. The van der Waals surface area contributed by atoms with Crippen molar-refractivity contribution in [3.05, 3.63) is 59.2 Å². The standard InChI is InChI=1S/C21H20N4OS/c26-20(13-27-21-22-23-24-25(21)17-6-2-3-7-17)16-10-9-15-11-14-5-1-4-8-18(14)19(15)12-16/h1,4-5,8-10,12,17H,2-3,6-7,11,13H2. The molecule has 0 atom stereocenters. The van der Waals surface area contributed by atoms with E-state index in [1.807, 2.05) is 16.8 Å². The number of ketones is 1. The largest absolute Gasteiger partial charge is 0.293 e. The van der Waals surface area contributed by atoms with Crippen molar-refractivity contribution in [2.75, 3.05) is 5.75 Å². The van der Waals surface area contributed by atoms with Gasteiger partial charge in [-0.25, -0.2) is 4.68 Å². The van der Waals surface area contributed by atoms with Gasteiger partial charge < -0.3 is 0 Å². The van der Waals surface area contributed by atoms with Crippen LogP contribution in [-0.2, 0) is 6.42 Å². The summed E-state index contributed by atoms with van der Waals surface area (Å²) in [6, 6.07) is 14.9. The average Bonchev–Trinajstić information content (AvgIpc) is 3.44. The second-order valence-electron chi connectivity index (χ2n) is 7.26. The zero-order chi connectivity index (χ0) is 18.2. The van der Waals surface area contributed by atoms with Crippen LogP contribution in [0, 0.1) is 0 Å². The van der Waals surface area contributed by atoms with Crippen LogP contribution in [0.3, 0.4) is 0 Å². The fourth-order valence-corrected chi connectivity index (χ4v) is 5.01. The van der Waals surface area contributed by atoms with Gasteiger partial charge in [-0.2, -0.15) is 0 Å². The summed E-state index contributed by atoms with van der Waals surface area (Å²) in [5, 5.41) is 12.8. The third kappa shape index (κ3) is 3.08. The molecule has 5 nitrogen and oxygen atoms in total. The van der Waals surface area contributed by atoms with Crippen molar-refractivity contribution in [1.82, 2.24) is 20.2 Å². The third-order valence-electron chi connectivity index (χ3n) is 5.59. The molecule has 0 N–H and O–H groups in total. The number of nitrogens with zero attached hydrogens (tertiary/aromatic N) is 4.